The number of aromatic nitrogens is 4. The number of imidazole rings is 1. The second kappa shape index (κ2) is 22.3. The lowest BCUT2D eigenvalue weighted by Crippen LogP contribution is -2.46. The molecule has 2 aromatic rings. The maximum absolute atomic E-state index is 12.7. The van der Waals surface area contributed by atoms with E-state index < -0.39 is 89.8 Å². The van der Waals surface area contributed by atoms with E-state index in [2.05, 4.69) is 34.4 Å². The minimum absolute atomic E-state index is 0.0210. The van der Waals surface area contributed by atoms with Crippen molar-refractivity contribution >= 4 is 81.6 Å². The van der Waals surface area contributed by atoms with Gasteiger partial charge in [-0.1, -0.05) is 20.3 Å². The van der Waals surface area contributed by atoms with Crippen molar-refractivity contribution in [2.45, 2.75) is 95.2 Å². The van der Waals surface area contributed by atoms with Gasteiger partial charge in [0.15, 0.2) is 17.7 Å². The van der Waals surface area contributed by atoms with Crippen LogP contribution in [0.4, 0.5) is 5.82 Å². The third kappa shape index (κ3) is 15.4. The van der Waals surface area contributed by atoms with Gasteiger partial charge in [-0.3, -0.25) is 42.2 Å². The number of hydrogen-bond acceptors (Lipinski definition) is 20. The number of Topliss-reactive ketones (excluding diaryl/α,β-unsaturated/α-hetero) is 1. The highest BCUT2D eigenvalue weighted by Gasteiger charge is 2.50. The summed E-state index contributed by atoms with van der Waals surface area (Å²) in [5.41, 5.74) is 4.22. The lowest BCUT2D eigenvalue weighted by Gasteiger charge is -2.30. The van der Waals surface area contributed by atoms with E-state index in [0.717, 1.165) is 17.2 Å². The Bertz CT molecular complexity index is 2130. The van der Waals surface area contributed by atoms with Crippen molar-refractivity contribution in [1.29, 1.82) is 0 Å². The highest BCUT2D eigenvalue weighted by atomic mass is 32.2. The molecule has 63 heavy (non-hydrogen) atoms. The summed E-state index contributed by atoms with van der Waals surface area (Å²) < 4.78 is 62.3. The second-order valence-corrected chi connectivity index (χ2v) is 20.6. The van der Waals surface area contributed by atoms with Crippen LogP contribution in [0.25, 0.3) is 11.2 Å². The molecule has 0 saturated carbocycles. The highest BCUT2D eigenvalue weighted by molar-refractivity contribution is 8.00. The molecular formula is C32H51N8O19P3S. The number of nitrogens with zero attached hydrogens (tertiary/aromatic N) is 5. The summed E-state index contributed by atoms with van der Waals surface area (Å²) in [4.78, 5) is 113. The fourth-order valence-electron chi connectivity index (χ4n) is 6.17. The molecule has 0 bridgehead atoms. The Morgan fingerprint density at radius 1 is 1.02 bits per heavy atom. The van der Waals surface area contributed by atoms with E-state index in [1.807, 2.05) is 0 Å². The number of anilines is 1. The SMILES string of the molecule is CC(=O)CCCCCN1C(=O)CC(SCCNC(=O)CCNC(=O)C(O)C(C)(C)COP(=O)(O)OP(=O)(O)OCC2OC(n3cnc4c(N)ncnc43)C(O)C2OP(=O)(O)O)C1=O. The summed E-state index contributed by atoms with van der Waals surface area (Å²) in [7, 11) is -16.5. The first-order valence-corrected chi connectivity index (χ1v) is 24.7. The van der Waals surface area contributed by atoms with E-state index in [4.69, 9.17) is 19.5 Å². The molecule has 4 rings (SSSR count). The number of ether oxygens (including phenoxy) is 1. The quantitative estimate of drug-likeness (QED) is 0.0323. The van der Waals surface area contributed by atoms with Crippen LogP contribution in [0, 0.1) is 5.41 Å². The summed E-state index contributed by atoms with van der Waals surface area (Å²) >= 11 is 1.22. The Kier molecular flexibility index (Phi) is 18.5. The predicted octanol–water partition coefficient (Wildman–Crippen LogP) is -0.585. The fraction of sp³-hybridized carbons (Fsp3) is 0.688. The molecule has 2 aliphatic rings. The minimum Gasteiger partial charge on any atom is -0.386 e. The number of aliphatic hydroxyl groups excluding tert-OH is 2. The Balaban J connectivity index is 1.18. The van der Waals surface area contributed by atoms with Crippen LogP contribution in [-0.2, 0) is 60.3 Å². The molecule has 0 aliphatic carbocycles. The fourth-order valence-corrected chi connectivity index (χ4v) is 10.0. The third-order valence-corrected chi connectivity index (χ3v) is 13.7. The van der Waals surface area contributed by atoms with Gasteiger partial charge in [0.05, 0.1) is 24.8 Å². The van der Waals surface area contributed by atoms with Crippen LogP contribution >= 0.6 is 35.2 Å². The molecular weight excluding hydrogens is 925 g/mol. The van der Waals surface area contributed by atoms with Gasteiger partial charge in [0.2, 0.25) is 23.6 Å². The van der Waals surface area contributed by atoms with Crippen molar-refractivity contribution in [1.82, 2.24) is 35.1 Å². The Labute approximate surface area is 363 Å². The maximum atomic E-state index is 12.7. The third-order valence-electron chi connectivity index (χ3n) is 9.43. The van der Waals surface area contributed by atoms with E-state index >= 15 is 0 Å². The number of amides is 4. The average molecular weight is 977 g/mol. The number of nitrogen functional groups attached to an aromatic ring is 1. The minimum atomic E-state index is -5.60. The summed E-state index contributed by atoms with van der Waals surface area (Å²) in [5, 5.41) is 25.9. The van der Waals surface area contributed by atoms with Crippen LogP contribution in [0.1, 0.15) is 65.5 Å². The highest BCUT2D eigenvalue weighted by Crippen LogP contribution is 2.61. The van der Waals surface area contributed by atoms with Gasteiger partial charge in [-0.2, -0.15) is 4.31 Å². The standard InChI is InChI=1S/C32H51N8O19P3S/c1-18(41)7-5-4-6-11-39-22(43)13-20(30(39)47)63-12-10-34-21(42)8-9-35-29(46)26(45)32(2,3)15-56-62(53,54)59-61(51,52)55-14-19-25(58-60(48,49)50)24(44)31(57-19)40-17-38-23-27(33)36-16-37-28(23)40/h16-17,19-20,24-26,31,44-45H,4-15H2,1-3H3,(H,34,42)(H,35,46)(H,51,52)(H,53,54)(H2,33,36,37)(H2,48,49,50). The Morgan fingerprint density at radius 3 is 2.40 bits per heavy atom. The molecule has 354 valence electrons. The number of ketones is 1. The lowest BCUT2D eigenvalue weighted by molar-refractivity contribution is -0.139. The van der Waals surface area contributed by atoms with Gasteiger partial charge in [-0.15, -0.1) is 11.8 Å². The van der Waals surface area contributed by atoms with Crippen molar-refractivity contribution in [3.8, 4) is 0 Å². The number of aliphatic hydroxyl groups is 2. The zero-order chi connectivity index (χ0) is 46.9. The lowest BCUT2D eigenvalue weighted by atomic mass is 9.87. The van der Waals surface area contributed by atoms with Gasteiger partial charge in [-0.25, -0.2) is 28.6 Å². The molecule has 0 aromatic carbocycles. The maximum Gasteiger partial charge on any atom is 0.481 e. The summed E-state index contributed by atoms with van der Waals surface area (Å²) in [6.45, 7) is 2.12. The van der Waals surface area contributed by atoms with E-state index in [-0.39, 0.29) is 67.1 Å². The zero-order valence-electron chi connectivity index (χ0n) is 34.2. The molecule has 10 N–H and O–H groups in total. The van der Waals surface area contributed by atoms with Crippen LogP contribution in [0.2, 0.25) is 0 Å². The number of thioether (sulfide) groups is 1. The molecule has 2 saturated heterocycles. The van der Waals surface area contributed by atoms with E-state index in [1.54, 1.807) is 0 Å². The van der Waals surface area contributed by atoms with Crippen LogP contribution in [0.3, 0.4) is 0 Å². The number of likely N-dealkylation sites (tertiary alicyclic amines) is 1. The molecule has 0 radical (unpaired) electrons. The van der Waals surface area contributed by atoms with Crippen molar-refractivity contribution in [2.75, 3.05) is 44.3 Å². The first-order chi connectivity index (χ1) is 29.3. The number of rotatable bonds is 26. The second-order valence-electron chi connectivity index (χ2n) is 15.0. The van der Waals surface area contributed by atoms with Gasteiger partial charge >= 0.3 is 23.5 Å². The smallest absolute Gasteiger partial charge is 0.386 e. The zero-order valence-corrected chi connectivity index (χ0v) is 37.7. The first-order valence-electron chi connectivity index (χ1n) is 19.1. The molecule has 8 unspecified atom stereocenters. The van der Waals surface area contributed by atoms with E-state index in [9.17, 15) is 67.5 Å². The Morgan fingerprint density at radius 2 is 1.71 bits per heavy atom. The molecule has 2 fully saturated rings. The van der Waals surface area contributed by atoms with Crippen molar-refractivity contribution in [2.24, 2.45) is 5.41 Å². The number of phosphoric ester groups is 3. The topological polar surface area (TPSA) is 401 Å². The summed E-state index contributed by atoms with van der Waals surface area (Å²) in [6.07, 6.45) is -4.56. The molecule has 4 heterocycles. The average Bonchev–Trinajstić information content (AvgIpc) is 3.83. The molecule has 0 spiro atoms. The van der Waals surface area contributed by atoms with Gasteiger partial charge in [0, 0.05) is 50.1 Å². The van der Waals surface area contributed by atoms with Crippen LogP contribution in [-0.4, -0.2) is 152 Å². The van der Waals surface area contributed by atoms with Gasteiger partial charge in [0.25, 0.3) is 0 Å². The summed E-state index contributed by atoms with van der Waals surface area (Å²) in [5.74, 6) is -1.70. The van der Waals surface area contributed by atoms with Crippen LogP contribution in [0.15, 0.2) is 12.7 Å². The number of unbranched alkanes of at least 4 members (excludes halogenated alkanes) is 2. The largest absolute Gasteiger partial charge is 0.481 e. The first kappa shape index (κ1) is 52.3. The number of imide groups is 1. The van der Waals surface area contributed by atoms with Crippen molar-refractivity contribution < 1.29 is 90.1 Å². The number of carbonyl (C=O) groups excluding carboxylic acids is 5. The van der Waals surface area contributed by atoms with Crippen molar-refractivity contribution in [3.05, 3.63) is 12.7 Å². The number of nitrogens with two attached hydrogens (primary N) is 1. The van der Waals surface area contributed by atoms with Gasteiger partial charge < -0.3 is 55.7 Å². The predicted molar refractivity (Wildman–Crippen MR) is 216 cm³/mol. The van der Waals surface area contributed by atoms with Gasteiger partial charge in [0.1, 0.15) is 42.0 Å². The molecule has 2 aromatic heterocycles. The normalized spacial score (nSPS) is 23.1. The summed E-state index contributed by atoms with van der Waals surface area (Å²) in [6, 6.07) is 0. The Hall–Kier alpha value is -3.30. The monoisotopic (exact) mass is 976 g/mol. The number of phosphoric acid groups is 3. The molecule has 2 aliphatic heterocycles. The number of carbonyl (C=O) groups is 5. The number of hydrogen-bond donors (Lipinski definition) is 9. The number of fused-ring (bicyclic) bond motifs is 1. The molecule has 31 heteroatoms. The van der Waals surface area contributed by atoms with Crippen LogP contribution in [0.5, 0.6) is 0 Å². The van der Waals surface area contributed by atoms with E-state index in [1.165, 1.54) is 37.4 Å². The number of nitrogens with one attached hydrogen (secondary N) is 2. The molecule has 8 atom stereocenters. The molecule has 4 amide bonds. The van der Waals surface area contributed by atoms with Crippen LogP contribution < -0.4 is 16.4 Å². The molecule has 27 nitrogen and oxygen atoms in total. The van der Waals surface area contributed by atoms with Crippen molar-refractivity contribution in [3.63, 3.8) is 0 Å². The van der Waals surface area contributed by atoms with E-state index in [0.29, 0.717) is 31.4 Å². The van der Waals surface area contributed by atoms with Gasteiger partial charge in [-0.05, 0) is 19.8 Å².